The van der Waals surface area contributed by atoms with Crippen molar-refractivity contribution < 1.29 is 32.2 Å². The van der Waals surface area contributed by atoms with E-state index >= 15 is 0 Å². The summed E-state index contributed by atoms with van der Waals surface area (Å²) in [6.45, 7) is 1.61. The lowest BCUT2D eigenvalue weighted by atomic mass is 9.96. The van der Waals surface area contributed by atoms with Crippen LogP contribution < -0.4 is 0 Å². The Hall–Kier alpha value is -2.55. The summed E-state index contributed by atoms with van der Waals surface area (Å²) in [5.74, 6) is -1.62. The first kappa shape index (κ1) is 19.5. The molecule has 7 nitrogen and oxygen atoms in total. The van der Waals surface area contributed by atoms with Crippen LogP contribution in [0.3, 0.4) is 0 Å². The molecule has 0 aliphatic heterocycles. The molecule has 0 aliphatic carbocycles. The molecular formula is C16H16O7S. The van der Waals surface area contributed by atoms with Crippen LogP contribution in [0.4, 0.5) is 0 Å². The monoisotopic (exact) mass is 352 g/mol. The number of hydrogen-bond donors (Lipinski definition) is 3. The van der Waals surface area contributed by atoms with E-state index in [1.807, 2.05) is 6.07 Å². The quantitative estimate of drug-likeness (QED) is 0.569. The maximum atomic E-state index is 12.2. The summed E-state index contributed by atoms with van der Waals surface area (Å²) in [7, 11) is -4.67. The van der Waals surface area contributed by atoms with E-state index in [9.17, 15) is 9.59 Å². The van der Waals surface area contributed by atoms with Crippen molar-refractivity contribution in [1.29, 1.82) is 0 Å². The van der Waals surface area contributed by atoms with Crippen LogP contribution in [0.5, 0.6) is 0 Å². The fourth-order valence-electron chi connectivity index (χ4n) is 1.85. The Labute approximate surface area is 139 Å². The molecule has 0 amide bonds. The number of carboxylic acid groups (broad SMARTS) is 1. The molecule has 0 spiro atoms. The molecule has 0 bridgehead atoms. The number of carbonyl (C=O) groups excluding carboxylic acids is 1. The van der Waals surface area contributed by atoms with Crippen molar-refractivity contribution >= 4 is 22.2 Å². The van der Waals surface area contributed by atoms with E-state index < -0.39 is 22.3 Å². The molecule has 2 aromatic carbocycles. The van der Waals surface area contributed by atoms with Crippen LogP contribution in [0.1, 0.15) is 34.3 Å². The number of benzene rings is 2. The van der Waals surface area contributed by atoms with Gasteiger partial charge in [0.15, 0.2) is 5.78 Å². The molecule has 0 heterocycles. The average molecular weight is 352 g/mol. The summed E-state index contributed by atoms with van der Waals surface area (Å²) in [6.07, 6.45) is 0. The maximum Gasteiger partial charge on any atom is 0.394 e. The van der Waals surface area contributed by atoms with Crippen molar-refractivity contribution in [2.75, 3.05) is 0 Å². The third kappa shape index (κ3) is 6.69. The Morgan fingerprint density at radius 1 is 0.917 bits per heavy atom. The number of ketones is 1. The first-order chi connectivity index (χ1) is 11.1. The smallest absolute Gasteiger partial charge is 0.394 e. The topological polar surface area (TPSA) is 129 Å². The molecule has 0 fully saturated rings. The number of rotatable bonds is 4. The van der Waals surface area contributed by atoms with E-state index in [-0.39, 0.29) is 5.78 Å². The van der Waals surface area contributed by atoms with Crippen molar-refractivity contribution in [3.8, 4) is 0 Å². The molecule has 2 rings (SSSR count). The summed E-state index contributed by atoms with van der Waals surface area (Å²) in [5.41, 5.74) is 1.74. The summed E-state index contributed by atoms with van der Waals surface area (Å²) < 4.78 is 31.6. The standard InChI is InChI=1S/C16H14O3.H2O4S/c1-11(16(18)19)13-8-5-9-14(10-13)15(17)12-6-3-2-4-7-12;1-5(2,3)4/h2-11H,1H3,(H,18,19);(H2,1,2,3,4). The van der Waals surface area contributed by atoms with E-state index in [4.69, 9.17) is 22.6 Å². The molecule has 0 aliphatic rings. The van der Waals surface area contributed by atoms with Crippen LogP contribution >= 0.6 is 0 Å². The van der Waals surface area contributed by atoms with Gasteiger partial charge in [0.25, 0.3) is 0 Å². The third-order valence-electron chi connectivity index (χ3n) is 3.06. The minimum absolute atomic E-state index is 0.0972. The SMILES string of the molecule is CC(C(=O)O)c1cccc(C(=O)c2ccccc2)c1.O=S(=O)(O)O. The van der Waals surface area contributed by atoms with Crippen molar-refractivity contribution in [2.24, 2.45) is 0 Å². The number of hydrogen-bond acceptors (Lipinski definition) is 4. The van der Waals surface area contributed by atoms with Gasteiger partial charge in [0.05, 0.1) is 5.92 Å². The van der Waals surface area contributed by atoms with Crippen molar-refractivity contribution in [1.82, 2.24) is 0 Å². The first-order valence-corrected chi connectivity index (χ1v) is 8.11. The van der Waals surface area contributed by atoms with Gasteiger partial charge in [0, 0.05) is 11.1 Å². The normalized spacial score (nSPS) is 11.8. The highest BCUT2D eigenvalue weighted by Gasteiger charge is 2.16. The van der Waals surface area contributed by atoms with Crippen LogP contribution in [0, 0.1) is 0 Å². The maximum absolute atomic E-state index is 12.2. The molecule has 0 saturated heterocycles. The average Bonchev–Trinajstić information content (AvgIpc) is 2.52. The number of carbonyl (C=O) groups is 2. The number of aliphatic carboxylic acids is 1. The molecule has 0 radical (unpaired) electrons. The lowest BCUT2D eigenvalue weighted by Gasteiger charge is -2.08. The second-order valence-electron chi connectivity index (χ2n) is 4.83. The van der Waals surface area contributed by atoms with Gasteiger partial charge in [-0.2, -0.15) is 8.42 Å². The zero-order valence-corrected chi connectivity index (χ0v) is 13.5. The fraction of sp³-hybridized carbons (Fsp3) is 0.125. The molecule has 3 N–H and O–H groups in total. The highest BCUT2D eigenvalue weighted by atomic mass is 32.3. The van der Waals surface area contributed by atoms with Crippen molar-refractivity contribution in [3.63, 3.8) is 0 Å². The van der Waals surface area contributed by atoms with Crippen LogP contribution in [0.15, 0.2) is 54.6 Å². The van der Waals surface area contributed by atoms with Crippen LogP contribution in [0.25, 0.3) is 0 Å². The molecule has 2 aromatic rings. The molecule has 128 valence electrons. The Balaban J connectivity index is 0.000000505. The van der Waals surface area contributed by atoms with Crippen molar-refractivity contribution in [3.05, 3.63) is 71.3 Å². The summed E-state index contributed by atoms with van der Waals surface area (Å²) in [4.78, 5) is 23.2. The van der Waals surface area contributed by atoms with E-state index in [2.05, 4.69) is 0 Å². The van der Waals surface area contributed by atoms with Gasteiger partial charge in [-0.15, -0.1) is 0 Å². The van der Waals surface area contributed by atoms with Gasteiger partial charge in [-0.05, 0) is 18.6 Å². The van der Waals surface area contributed by atoms with Crippen LogP contribution in [-0.4, -0.2) is 34.4 Å². The van der Waals surface area contributed by atoms with E-state index in [1.165, 1.54) is 0 Å². The second-order valence-corrected chi connectivity index (χ2v) is 5.72. The predicted octanol–water partition coefficient (Wildman–Crippen LogP) is 2.45. The summed E-state index contributed by atoms with van der Waals surface area (Å²) >= 11 is 0. The van der Waals surface area contributed by atoms with Gasteiger partial charge in [-0.1, -0.05) is 48.5 Å². The Morgan fingerprint density at radius 3 is 1.92 bits per heavy atom. The molecule has 8 heteroatoms. The van der Waals surface area contributed by atoms with Gasteiger partial charge >= 0.3 is 16.4 Å². The molecule has 0 saturated carbocycles. The Morgan fingerprint density at radius 2 is 1.42 bits per heavy atom. The minimum atomic E-state index is -4.67. The van der Waals surface area contributed by atoms with E-state index in [1.54, 1.807) is 55.5 Å². The van der Waals surface area contributed by atoms with E-state index in [0.717, 1.165) is 0 Å². The summed E-state index contributed by atoms with van der Waals surface area (Å²) in [6, 6.07) is 15.7. The predicted molar refractivity (Wildman–Crippen MR) is 86.5 cm³/mol. The summed E-state index contributed by atoms with van der Waals surface area (Å²) in [5, 5.41) is 9.00. The zero-order valence-electron chi connectivity index (χ0n) is 12.7. The lowest BCUT2D eigenvalue weighted by Crippen LogP contribution is -2.09. The second kappa shape index (κ2) is 8.34. The molecule has 0 aromatic heterocycles. The van der Waals surface area contributed by atoms with E-state index in [0.29, 0.717) is 16.7 Å². The Bertz CT molecular complexity index is 805. The molecule has 24 heavy (non-hydrogen) atoms. The highest BCUT2D eigenvalue weighted by molar-refractivity contribution is 7.79. The van der Waals surface area contributed by atoms with Crippen LogP contribution in [-0.2, 0) is 15.2 Å². The van der Waals surface area contributed by atoms with Gasteiger partial charge in [0.2, 0.25) is 0 Å². The first-order valence-electron chi connectivity index (χ1n) is 6.72. The molecule has 1 atom stereocenters. The van der Waals surface area contributed by atoms with Gasteiger partial charge < -0.3 is 5.11 Å². The molecule has 1 unspecified atom stereocenters. The highest BCUT2D eigenvalue weighted by Crippen LogP contribution is 2.18. The molecular weight excluding hydrogens is 336 g/mol. The zero-order chi connectivity index (χ0) is 18.3. The minimum Gasteiger partial charge on any atom is -0.481 e. The van der Waals surface area contributed by atoms with Gasteiger partial charge in [-0.25, -0.2) is 0 Å². The van der Waals surface area contributed by atoms with Gasteiger partial charge in [0.1, 0.15) is 0 Å². The number of carboxylic acids is 1. The third-order valence-corrected chi connectivity index (χ3v) is 3.06. The van der Waals surface area contributed by atoms with Crippen LogP contribution in [0.2, 0.25) is 0 Å². The fourth-order valence-corrected chi connectivity index (χ4v) is 1.85. The van der Waals surface area contributed by atoms with Gasteiger partial charge in [-0.3, -0.25) is 18.7 Å². The van der Waals surface area contributed by atoms with Crippen molar-refractivity contribution in [2.45, 2.75) is 12.8 Å². The Kier molecular flexibility index (Phi) is 6.78. The largest absolute Gasteiger partial charge is 0.481 e. The lowest BCUT2D eigenvalue weighted by molar-refractivity contribution is -0.138.